The molecule has 0 amide bonds. The van der Waals surface area contributed by atoms with Crippen LogP contribution in [0.1, 0.15) is 25.8 Å². The van der Waals surface area contributed by atoms with E-state index in [0.717, 1.165) is 36.6 Å². The molecule has 1 fully saturated rings. The number of benzene rings is 1. The van der Waals surface area contributed by atoms with Gasteiger partial charge >= 0.3 is 0 Å². The van der Waals surface area contributed by atoms with E-state index >= 15 is 0 Å². The molecule has 1 aromatic rings. The Morgan fingerprint density at radius 2 is 2.15 bits per heavy atom. The smallest absolute Gasteiger partial charge is 0.129 e. The van der Waals surface area contributed by atoms with E-state index in [1.807, 2.05) is 17.8 Å². The van der Waals surface area contributed by atoms with Crippen LogP contribution in [0.3, 0.4) is 0 Å². The summed E-state index contributed by atoms with van der Waals surface area (Å²) in [5.74, 6) is 2.85. The number of thioether (sulfide) groups is 1. The average Bonchev–Trinajstić information content (AvgIpc) is 2.69. The third kappa shape index (κ3) is 4.38. The third-order valence-electron chi connectivity index (χ3n) is 3.51. The van der Waals surface area contributed by atoms with Gasteiger partial charge in [0.2, 0.25) is 0 Å². The Balaban J connectivity index is 2.12. The first-order valence-electron chi connectivity index (χ1n) is 7.49. The standard InChI is InChI=1S/C16H25FN2S/c1-13(2)11-18-12-14-15(17)5-3-6-16(14)19-7-4-9-20-10-8-19/h3,5-6,13,18H,4,7-12H2,1-2H3. The molecule has 0 radical (unpaired) electrons. The fraction of sp³-hybridized carbons (Fsp3) is 0.625. The van der Waals surface area contributed by atoms with Crippen molar-refractivity contribution in [3.8, 4) is 0 Å². The maximum absolute atomic E-state index is 14.2. The summed E-state index contributed by atoms with van der Waals surface area (Å²) in [5.41, 5.74) is 1.89. The summed E-state index contributed by atoms with van der Waals surface area (Å²) in [6.45, 7) is 7.93. The van der Waals surface area contributed by atoms with E-state index in [1.54, 1.807) is 6.07 Å². The van der Waals surface area contributed by atoms with Crippen LogP contribution in [0.25, 0.3) is 0 Å². The van der Waals surface area contributed by atoms with Gasteiger partial charge in [-0.05, 0) is 36.8 Å². The molecular formula is C16H25FN2S. The molecule has 4 heteroatoms. The number of rotatable bonds is 5. The number of halogens is 1. The molecule has 0 bridgehead atoms. The number of anilines is 1. The normalized spacial score (nSPS) is 16.5. The van der Waals surface area contributed by atoms with Gasteiger partial charge in [0.1, 0.15) is 5.82 Å². The molecular weight excluding hydrogens is 271 g/mol. The largest absolute Gasteiger partial charge is 0.370 e. The minimum atomic E-state index is -0.0874. The van der Waals surface area contributed by atoms with Crippen LogP contribution in [0.2, 0.25) is 0 Å². The lowest BCUT2D eigenvalue weighted by molar-refractivity contribution is 0.534. The Morgan fingerprint density at radius 3 is 2.95 bits per heavy atom. The molecule has 20 heavy (non-hydrogen) atoms. The van der Waals surface area contributed by atoms with Crippen LogP contribution in [-0.4, -0.2) is 31.1 Å². The molecule has 0 atom stereocenters. The van der Waals surface area contributed by atoms with E-state index in [4.69, 9.17) is 0 Å². The summed E-state index contributed by atoms with van der Waals surface area (Å²) >= 11 is 1.99. The molecule has 112 valence electrons. The number of nitrogens with zero attached hydrogens (tertiary/aromatic N) is 1. The van der Waals surface area contributed by atoms with Crippen LogP contribution < -0.4 is 10.2 Å². The van der Waals surface area contributed by atoms with Crippen molar-refractivity contribution in [2.24, 2.45) is 5.92 Å². The van der Waals surface area contributed by atoms with Crippen molar-refractivity contribution in [3.05, 3.63) is 29.6 Å². The van der Waals surface area contributed by atoms with E-state index in [0.29, 0.717) is 12.5 Å². The van der Waals surface area contributed by atoms with Crippen molar-refractivity contribution >= 4 is 17.4 Å². The molecule has 1 heterocycles. The van der Waals surface area contributed by atoms with Gasteiger partial charge in [0, 0.05) is 36.6 Å². The lowest BCUT2D eigenvalue weighted by Crippen LogP contribution is -2.28. The molecule has 2 nitrogen and oxygen atoms in total. The fourth-order valence-electron chi connectivity index (χ4n) is 2.49. The van der Waals surface area contributed by atoms with Crippen LogP contribution in [0.4, 0.5) is 10.1 Å². The second kappa shape index (κ2) is 7.89. The van der Waals surface area contributed by atoms with Gasteiger partial charge in [-0.25, -0.2) is 4.39 Å². The van der Waals surface area contributed by atoms with Crippen LogP contribution in [0.5, 0.6) is 0 Å². The SMILES string of the molecule is CC(C)CNCc1c(F)cccc1N1CCCSCC1. The first-order chi connectivity index (χ1) is 9.68. The molecule has 1 saturated heterocycles. The molecule has 1 N–H and O–H groups in total. The molecule has 0 aliphatic carbocycles. The summed E-state index contributed by atoms with van der Waals surface area (Å²) in [4.78, 5) is 2.34. The summed E-state index contributed by atoms with van der Waals surface area (Å²) in [7, 11) is 0. The van der Waals surface area contributed by atoms with Crippen molar-refractivity contribution in [2.45, 2.75) is 26.8 Å². The molecule has 0 saturated carbocycles. The van der Waals surface area contributed by atoms with Crippen LogP contribution in [-0.2, 0) is 6.54 Å². The summed E-state index contributed by atoms with van der Waals surface area (Å²) in [6.07, 6.45) is 1.18. The fourth-order valence-corrected chi connectivity index (χ4v) is 3.38. The maximum atomic E-state index is 14.2. The van der Waals surface area contributed by atoms with Gasteiger partial charge < -0.3 is 10.2 Å². The zero-order chi connectivity index (χ0) is 14.4. The first-order valence-corrected chi connectivity index (χ1v) is 8.64. The van der Waals surface area contributed by atoms with Crippen molar-refractivity contribution in [1.82, 2.24) is 5.32 Å². The van der Waals surface area contributed by atoms with Gasteiger partial charge in [0.25, 0.3) is 0 Å². The van der Waals surface area contributed by atoms with Gasteiger partial charge in [0.05, 0.1) is 0 Å². The zero-order valence-electron chi connectivity index (χ0n) is 12.5. The van der Waals surface area contributed by atoms with Crippen LogP contribution in [0.15, 0.2) is 18.2 Å². The van der Waals surface area contributed by atoms with E-state index in [9.17, 15) is 4.39 Å². The number of nitrogens with one attached hydrogen (secondary N) is 1. The Kier molecular flexibility index (Phi) is 6.17. The lowest BCUT2D eigenvalue weighted by atomic mass is 10.1. The molecule has 1 aliphatic heterocycles. The Morgan fingerprint density at radius 1 is 1.30 bits per heavy atom. The lowest BCUT2D eigenvalue weighted by Gasteiger charge is -2.25. The second-order valence-corrected chi connectivity index (χ2v) is 6.94. The van der Waals surface area contributed by atoms with Gasteiger partial charge in [-0.3, -0.25) is 0 Å². The summed E-state index contributed by atoms with van der Waals surface area (Å²) in [5, 5.41) is 3.37. The summed E-state index contributed by atoms with van der Waals surface area (Å²) in [6, 6.07) is 5.46. The predicted octanol–water partition coefficient (Wildman–Crippen LogP) is 3.51. The number of hydrogen-bond acceptors (Lipinski definition) is 3. The van der Waals surface area contributed by atoms with Gasteiger partial charge in [-0.2, -0.15) is 11.8 Å². The molecule has 0 unspecified atom stereocenters. The van der Waals surface area contributed by atoms with E-state index in [-0.39, 0.29) is 5.82 Å². The highest BCUT2D eigenvalue weighted by molar-refractivity contribution is 7.99. The molecule has 1 aliphatic rings. The average molecular weight is 296 g/mol. The van der Waals surface area contributed by atoms with E-state index in [2.05, 4.69) is 30.1 Å². The van der Waals surface area contributed by atoms with Crippen molar-refractivity contribution in [1.29, 1.82) is 0 Å². The van der Waals surface area contributed by atoms with Gasteiger partial charge in [0.15, 0.2) is 0 Å². The number of hydrogen-bond donors (Lipinski definition) is 1. The van der Waals surface area contributed by atoms with Gasteiger partial charge in [-0.15, -0.1) is 0 Å². The summed E-state index contributed by atoms with van der Waals surface area (Å²) < 4.78 is 14.2. The Bertz CT molecular complexity index is 415. The quantitative estimate of drug-likeness (QED) is 0.895. The van der Waals surface area contributed by atoms with Crippen LogP contribution >= 0.6 is 11.8 Å². The van der Waals surface area contributed by atoms with Crippen molar-refractivity contribution in [3.63, 3.8) is 0 Å². The minimum Gasteiger partial charge on any atom is -0.370 e. The predicted molar refractivity (Wildman–Crippen MR) is 87.1 cm³/mol. The second-order valence-electron chi connectivity index (χ2n) is 5.72. The minimum absolute atomic E-state index is 0.0874. The van der Waals surface area contributed by atoms with E-state index < -0.39 is 0 Å². The van der Waals surface area contributed by atoms with Crippen LogP contribution in [0, 0.1) is 11.7 Å². The first kappa shape index (κ1) is 15.6. The zero-order valence-corrected chi connectivity index (χ0v) is 13.3. The Labute approximate surface area is 126 Å². The van der Waals surface area contributed by atoms with Crippen molar-refractivity contribution < 1.29 is 4.39 Å². The maximum Gasteiger partial charge on any atom is 0.129 e. The Hall–Kier alpha value is -0.740. The molecule has 1 aromatic carbocycles. The van der Waals surface area contributed by atoms with Crippen molar-refractivity contribution in [2.75, 3.05) is 36.0 Å². The topological polar surface area (TPSA) is 15.3 Å². The third-order valence-corrected chi connectivity index (χ3v) is 4.56. The van der Waals surface area contributed by atoms with E-state index in [1.165, 1.54) is 12.2 Å². The molecule has 0 spiro atoms. The highest BCUT2D eigenvalue weighted by Gasteiger charge is 2.16. The highest BCUT2D eigenvalue weighted by atomic mass is 32.2. The van der Waals surface area contributed by atoms with Gasteiger partial charge in [-0.1, -0.05) is 19.9 Å². The monoisotopic (exact) mass is 296 g/mol. The molecule has 0 aromatic heterocycles. The molecule has 2 rings (SSSR count). The highest BCUT2D eigenvalue weighted by Crippen LogP contribution is 2.25.